The van der Waals surface area contributed by atoms with E-state index in [-0.39, 0.29) is 0 Å². The van der Waals surface area contributed by atoms with Gasteiger partial charge in [-0.05, 0) is 43.3 Å². The highest BCUT2D eigenvalue weighted by atomic mass is 32.2. The SMILES string of the molecule is CCCCCCCCSc1cccc(C(C)NCC)c1. The quantitative estimate of drug-likeness (QED) is 0.408. The van der Waals surface area contributed by atoms with Crippen LogP contribution in [-0.2, 0) is 0 Å². The summed E-state index contributed by atoms with van der Waals surface area (Å²) < 4.78 is 0. The van der Waals surface area contributed by atoms with E-state index in [0.29, 0.717) is 6.04 Å². The molecule has 114 valence electrons. The highest BCUT2D eigenvalue weighted by Crippen LogP contribution is 2.23. The normalized spacial score (nSPS) is 12.6. The van der Waals surface area contributed by atoms with Gasteiger partial charge >= 0.3 is 0 Å². The van der Waals surface area contributed by atoms with E-state index < -0.39 is 0 Å². The number of benzene rings is 1. The molecule has 0 heterocycles. The summed E-state index contributed by atoms with van der Waals surface area (Å²) in [5.41, 5.74) is 1.40. The molecule has 1 N–H and O–H groups in total. The van der Waals surface area contributed by atoms with Gasteiger partial charge in [0.15, 0.2) is 0 Å². The standard InChI is InChI=1S/C18H31NS/c1-4-6-7-8-9-10-14-20-18-13-11-12-17(15-18)16(3)19-5-2/h11-13,15-16,19H,4-10,14H2,1-3H3. The van der Waals surface area contributed by atoms with Gasteiger partial charge in [-0.25, -0.2) is 0 Å². The third-order valence-electron chi connectivity index (χ3n) is 3.64. The first-order valence-electron chi connectivity index (χ1n) is 8.24. The van der Waals surface area contributed by atoms with E-state index in [1.165, 1.54) is 54.7 Å². The fourth-order valence-corrected chi connectivity index (χ4v) is 3.35. The average Bonchev–Trinajstić information content (AvgIpc) is 2.47. The Bertz CT molecular complexity index is 351. The lowest BCUT2D eigenvalue weighted by Gasteiger charge is -2.13. The zero-order chi connectivity index (χ0) is 14.6. The van der Waals surface area contributed by atoms with Crippen molar-refractivity contribution in [1.82, 2.24) is 5.32 Å². The van der Waals surface area contributed by atoms with E-state index in [1.807, 2.05) is 11.8 Å². The first kappa shape index (κ1) is 17.6. The van der Waals surface area contributed by atoms with Crippen molar-refractivity contribution in [2.75, 3.05) is 12.3 Å². The molecule has 1 nitrogen and oxygen atoms in total. The van der Waals surface area contributed by atoms with Gasteiger partial charge in [-0.3, -0.25) is 0 Å². The maximum absolute atomic E-state index is 3.48. The summed E-state index contributed by atoms with van der Waals surface area (Å²) >= 11 is 2.01. The Kier molecular flexibility index (Phi) is 9.86. The minimum atomic E-state index is 0.453. The molecule has 0 aliphatic carbocycles. The number of hydrogen-bond donors (Lipinski definition) is 1. The minimum Gasteiger partial charge on any atom is -0.310 e. The fourth-order valence-electron chi connectivity index (χ4n) is 2.37. The predicted octanol–water partition coefficient (Wildman–Crippen LogP) is 5.81. The van der Waals surface area contributed by atoms with Gasteiger partial charge in [0, 0.05) is 10.9 Å². The summed E-state index contributed by atoms with van der Waals surface area (Å²) in [7, 11) is 0. The van der Waals surface area contributed by atoms with Gasteiger partial charge in [0.25, 0.3) is 0 Å². The lowest BCUT2D eigenvalue weighted by atomic mass is 10.1. The second-order valence-corrected chi connectivity index (χ2v) is 6.64. The Labute approximate surface area is 129 Å². The smallest absolute Gasteiger partial charge is 0.0292 e. The van der Waals surface area contributed by atoms with Crippen molar-refractivity contribution in [3.63, 3.8) is 0 Å². The fraction of sp³-hybridized carbons (Fsp3) is 0.667. The van der Waals surface area contributed by atoms with Gasteiger partial charge in [0.2, 0.25) is 0 Å². The van der Waals surface area contributed by atoms with Crippen molar-refractivity contribution >= 4 is 11.8 Å². The molecule has 20 heavy (non-hydrogen) atoms. The van der Waals surface area contributed by atoms with E-state index >= 15 is 0 Å². The third-order valence-corrected chi connectivity index (χ3v) is 4.72. The van der Waals surface area contributed by atoms with E-state index in [4.69, 9.17) is 0 Å². The van der Waals surface area contributed by atoms with Crippen LogP contribution in [-0.4, -0.2) is 12.3 Å². The Morgan fingerprint density at radius 2 is 1.80 bits per heavy atom. The van der Waals surface area contributed by atoms with Gasteiger partial charge < -0.3 is 5.32 Å². The molecule has 0 aliphatic heterocycles. The summed E-state index contributed by atoms with van der Waals surface area (Å²) in [6, 6.07) is 9.45. The third kappa shape index (κ3) is 7.35. The molecular formula is C18H31NS. The average molecular weight is 294 g/mol. The van der Waals surface area contributed by atoms with Crippen molar-refractivity contribution in [2.45, 2.75) is 70.2 Å². The summed E-state index contributed by atoms with van der Waals surface area (Å²) in [5, 5.41) is 3.48. The van der Waals surface area contributed by atoms with E-state index in [1.54, 1.807) is 0 Å². The second-order valence-electron chi connectivity index (χ2n) is 5.47. The maximum atomic E-state index is 3.48. The molecule has 0 spiro atoms. The predicted molar refractivity (Wildman–Crippen MR) is 92.6 cm³/mol. The van der Waals surface area contributed by atoms with Crippen LogP contribution in [0.2, 0.25) is 0 Å². The molecule has 1 aromatic carbocycles. The van der Waals surface area contributed by atoms with E-state index in [9.17, 15) is 0 Å². The molecule has 0 aliphatic rings. The van der Waals surface area contributed by atoms with Crippen molar-refractivity contribution in [3.05, 3.63) is 29.8 Å². The Morgan fingerprint density at radius 3 is 2.55 bits per heavy atom. The molecule has 1 unspecified atom stereocenters. The molecule has 0 radical (unpaired) electrons. The van der Waals surface area contributed by atoms with Crippen LogP contribution >= 0.6 is 11.8 Å². The minimum absolute atomic E-state index is 0.453. The van der Waals surface area contributed by atoms with Crippen molar-refractivity contribution in [3.8, 4) is 0 Å². The van der Waals surface area contributed by atoms with Gasteiger partial charge in [0.1, 0.15) is 0 Å². The van der Waals surface area contributed by atoms with Gasteiger partial charge in [-0.15, -0.1) is 11.8 Å². The number of hydrogen-bond acceptors (Lipinski definition) is 2. The molecular weight excluding hydrogens is 262 g/mol. The number of unbranched alkanes of at least 4 members (excludes halogenated alkanes) is 5. The molecule has 0 saturated heterocycles. The van der Waals surface area contributed by atoms with Crippen molar-refractivity contribution in [2.24, 2.45) is 0 Å². The zero-order valence-electron chi connectivity index (χ0n) is 13.5. The molecule has 1 aromatic rings. The zero-order valence-corrected chi connectivity index (χ0v) is 14.3. The van der Waals surface area contributed by atoms with Crippen LogP contribution in [0, 0.1) is 0 Å². The molecule has 0 amide bonds. The first-order valence-corrected chi connectivity index (χ1v) is 9.22. The van der Waals surface area contributed by atoms with Crippen LogP contribution in [0.5, 0.6) is 0 Å². The van der Waals surface area contributed by atoms with Gasteiger partial charge in [0.05, 0.1) is 0 Å². The highest BCUT2D eigenvalue weighted by Gasteiger charge is 2.04. The van der Waals surface area contributed by atoms with Crippen LogP contribution in [0.25, 0.3) is 0 Å². The lowest BCUT2D eigenvalue weighted by molar-refractivity contribution is 0.597. The first-order chi connectivity index (χ1) is 9.77. The molecule has 0 bridgehead atoms. The Hall–Kier alpha value is -0.470. The van der Waals surface area contributed by atoms with Crippen molar-refractivity contribution < 1.29 is 0 Å². The Balaban J connectivity index is 2.25. The van der Waals surface area contributed by atoms with Gasteiger partial charge in [-0.1, -0.05) is 58.1 Å². The van der Waals surface area contributed by atoms with E-state index in [0.717, 1.165) is 6.54 Å². The molecule has 0 saturated carbocycles. The molecule has 1 atom stereocenters. The van der Waals surface area contributed by atoms with Crippen LogP contribution in [0.4, 0.5) is 0 Å². The maximum Gasteiger partial charge on any atom is 0.0292 e. The summed E-state index contributed by atoms with van der Waals surface area (Å²) in [6.45, 7) is 7.70. The highest BCUT2D eigenvalue weighted by molar-refractivity contribution is 7.99. The summed E-state index contributed by atoms with van der Waals surface area (Å²) in [5.74, 6) is 1.26. The second kappa shape index (κ2) is 11.2. The van der Waals surface area contributed by atoms with Crippen LogP contribution in [0.3, 0.4) is 0 Å². The largest absolute Gasteiger partial charge is 0.310 e. The molecule has 0 fully saturated rings. The summed E-state index contributed by atoms with van der Waals surface area (Å²) in [6.07, 6.45) is 8.30. The molecule has 2 heteroatoms. The van der Waals surface area contributed by atoms with Crippen LogP contribution in [0.15, 0.2) is 29.2 Å². The van der Waals surface area contributed by atoms with E-state index in [2.05, 4.69) is 50.4 Å². The monoisotopic (exact) mass is 293 g/mol. The summed E-state index contributed by atoms with van der Waals surface area (Å²) in [4.78, 5) is 1.42. The molecule has 1 rings (SSSR count). The van der Waals surface area contributed by atoms with Crippen LogP contribution < -0.4 is 5.32 Å². The lowest BCUT2D eigenvalue weighted by Crippen LogP contribution is -2.17. The number of thioether (sulfide) groups is 1. The number of nitrogens with one attached hydrogen (secondary N) is 1. The molecule has 0 aromatic heterocycles. The topological polar surface area (TPSA) is 12.0 Å². The Morgan fingerprint density at radius 1 is 1.05 bits per heavy atom. The number of rotatable bonds is 11. The van der Waals surface area contributed by atoms with Crippen LogP contribution in [0.1, 0.15) is 70.9 Å². The van der Waals surface area contributed by atoms with Gasteiger partial charge in [-0.2, -0.15) is 0 Å². The van der Waals surface area contributed by atoms with Crippen molar-refractivity contribution in [1.29, 1.82) is 0 Å².